The molecule has 1 saturated heterocycles. The van der Waals surface area contributed by atoms with Crippen LogP contribution in [0.3, 0.4) is 0 Å². The highest BCUT2D eigenvalue weighted by atomic mass is 32.1. The van der Waals surface area contributed by atoms with Crippen molar-refractivity contribution in [1.29, 1.82) is 0 Å². The van der Waals surface area contributed by atoms with Crippen molar-refractivity contribution in [2.24, 2.45) is 0 Å². The Balaban J connectivity index is 1.36. The Morgan fingerprint density at radius 1 is 1.20 bits per heavy atom. The molecule has 2 aromatic heterocycles. The summed E-state index contributed by atoms with van der Waals surface area (Å²) in [5, 5.41) is 6.58. The van der Waals surface area contributed by atoms with E-state index in [1.165, 1.54) is 0 Å². The molecule has 4 rings (SSSR count). The number of anilines is 1. The summed E-state index contributed by atoms with van der Waals surface area (Å²) in [5.41, 5.74) is 2.26. The van der Waals surface area contributed by atoms with E-state index in [9.17, 15) is 4.79 Å². The van der Waals surface area contributed by atoms with Gasteiger partial charge < -0.3 is 19.0 Å². The smallest absolute Gasteiger partial charge is 0.239 e. The highest BCUT2D eigenvalue weighted by molar-refractivity contribution is 7.71. The number of fused-ring (bicyclic) bond motifs is 1. The summed E-state index contributed by atoms with van der Waals surface area (Å²) in [7, 11) is 0. The van der Waals surface area contributed by atoms with Crippen LogP contribution in [0, 0.1) is 11.7 Å². The molecule has 9 heteroatoms. The van der Waals surface area contributed by atoms with Gasteiger partial charge in [-0.25, -0.2) is 0 Å². The van der Waals surface area contributed by atoms with E-state index in [-0.39, 0.29) is 5.91 Å². The minimum absolute atomic E-state index is 0.0773. The monoisotopic (exact) mass is 426 g/mol. The molecule has 0 saturated carbocycles. The van der Waals surface area contributed by atoms with Gasteiger partial charge in [0.15, 0.2) is 10.6 Å². The van der Waals surface area contributed by atoms with Gasteiger partial charge in [0.2, 0.25) is 5.91 Å². The first kappa shape index (κ1) is 20.5. The maximum atomic E-state index is 12.2. The number of carbonyl (C=O) groups is 1. The average molecular weight is 427 g/mol. The van der Waals surface area contributed by atoms with Crippen molar-refractivity contribution < 1.29 is 9.32 Å². The van der Waals surface area contributed by atoms with Gasteiger partial charge in [0, 0.05) is 38.8 Å². The molecule has 0 aliphatic carbocycles. The van der Waals surface area contributed by atoms with Gasteiger partial charge in [-0.3, -0.25) is 14.6 Å². The third-order valence-corrected chi connectivity index (χ3v) is 5.75. The second kappa shape index (κ2) is 8.95. The van der Waals surface area contributed by atoms with Crippen LogP contribution in [0.15, 0.2) is 47.5 Å². The van der Waals surface area contributed by atoms with Crippen molar-refractivity contribution in [3.05, 3.63) is 53.5 Å². The number of aryl methyl sites for hydroxylation is 1. The molecule has 1 aliphatic rings. The molecule has 1 fully saturated rings. The minimum Gasteiger partial charge on any atom is -0.360 e. The molecule has 0 spiro atoms. The Bertz CT molecular complexity index is 1110. The topological polar surface area (TPSA) is 71.5 Å². The lowest BCUT2D eigenvalue weighted by Crippen LogP contribution is -2.48. The second-order valence-electron chi connectivity index (χ2n) is 7.51. The van der Waals surface area contributed by atoms with Crippen molar-refractivity contribution in [3.63, 3.8) is 0 Å². The summed E-state index contributed by atoms with van der Waals surface area (Å²) in [5.74, 6) is 1.06. The van der Waals surface area contributed by atoms with E-state index in [0.717, 1.165) is 48.7 Å². The average Bonchev–Trinajstić information content (AvgIpc) is 3.26. The van der Waals surface area contributed by atoms with Gasteiger partial charge in [-0.05, 0) is 31.3 Å². The number of para-hydroxylation sites is 2. The van der Waals surface area contributed by atoms with Crippen molar-refractivity contribution in [3.8, 4) is 0 Å². The summed E-state index contributed by atoms with van der Waals surface area (Å²) in [6.45, 7) is 10.8. The number of hydrogen-bond acceptors (Lipinski definition) is 6. The van der Waals surface area contributed by atoms with Gasteiger partial charge in [0.05, 0.1) is 24.2 Å². The first-order valence-corrected chi connectivity index (χ1v) is 10.4. The van der Waals surface area contributed by atoms with Crippen LogP contribution in [0.5, 0.6) is 0 Å². The van der Waals surface area contributed by atoms with E-state index >= 15 is 0 Å². The molecule has 158 valence electrons. The minimum atomic E-state index is -0.0773. The first-order chi connectivity index (χ1) is 14.5. The zero-order valence-corrected chi connectivity index (χ0v) is 17.9. The molecule has 1 aliphatic heterocycles. The SMILES string of the molecule is C=CCn1c(=S)n(CN2CCN(CC(=O)Nc3cc(C)on3)CC2)c2ccccc21. The van der Waals surface area contributed by atoms with Gasteiger partial charge in [-0.15, -0.1) is 6.58 Å². The molecular weight excluding hydrogens is 400 g/mol. The Hall–Kier alpha value is -2.75. The van der Waals surface area contributed by atoms with Crippen LogP contribution in [0.4, 0.5) is 5.82 Å². The number of aromatic nitrogens is 3. The zero-order chi connectivity index (χ0) is 21.1. The molecule has 1 amide bonds. The molecule has 1 N–H and O–H groups in total. The quantitative estimate of drug-likeness (QED) is 0.463. The molecule has 0 bridgehead atoms. The fraction of sp³-hybridized carbons (Fsp3) is 0.381. The highest BCUT2D eigenvalue weighted by Gasteiger charge is 2.21. The maximum absolute atomic E-state index is 12.2. The van der Waals surface area contributed by atoms with Crippen LogP contribution in [0.1, 0.15) is 5.76 Å². The number of piperazine rings is 1. The van der Waals surface area contributed by atoms with E-state index in [1.807, 2.05) is 18.2 Å². The molecule has 1 aromatic carbocycles. The number of rotatable bonds is 7. The summed E-state index contributed by atoms with van der Waals surface area (Å²) in [4.78, 5) is 16.8. The van der Waals surface area contributed by atoms with Crippen LogP contribution < -0.4 is 5.32 Å². The lowest BCUT2D eigenvalue weighted by Gasteiger charge is -2.34. The van der Waals surface area contributed by atoms with Crippen molar-refractivity contribution >= 4 is 35.0 Å². The van der Waals surface area contributed by atoms with E-state index in [2.05, 4.69) is 48.1 Å². The number of benzene rings is 1. The normalized spacial score (nSPS) is 15.5. The molecule has 30 heavy (non-hydrogen) atoms. The lowest BCUT2D eigenvalue weighted by molar-refractivity contribution is -0.117. The second-order valence-corrected chi connectivity index (χ2v) is 7.87. The number of nitrogens with one attached hydrogen (secondary N) is 1. The Morgan fingerprint density at radius 3 is 2.50 bits per heavy atom. The fourth-order valence-corrected chi connectivity index (χ4v) is 4.14. The maximum Gasteiger partial charge on any atom is 0.239 e. The van der Waals surface area contributed by atoms with E-state index in [1.54, 1.807) is 13.0 Å². The Morgan fingerprint density at radius 2 is 1.87 bits per heavy atom. The zero-order valence-electron chi connectivity index (χ0n) is 17.1. The van der Waals surface area contributed by atoms with Crippen molar-refractivity contribution in [2.45, 2.75) is 20.1 Å². The number of imidazole rings is 1. The molecule has 3 aromatic rings. The van der Waals surface area contributed by atoms with Crippen LogP contribution in [-0.4, -0.2) is 62.7 Å². The van der Waals surface area contributed by atoms with Crippen molar-refractivity contribution in [2.75, 3.05) is 38.0 Å². The van der Waals surface area contributed by atoms with Gasteiger partial charge in [-0.2, -0.15) is 0 Å². The largest absolute Gasteiger partial charge is 0.360 e. The number of amides is 1. The fourth-order valence-electron chi connectivity index (χ4n) is 3.81. The Labute approximate surface area is 180 Å². The van der Waals surface area contributed by atoms with E-state index < -0.39 is 0 Å². The third-order valence-electron chi connectivity index (χ3n) is 5.31. The van der Waals surface area contributed by atoms with Crippen LogP contribution in [0.25, 0.3) is 11.0 Å². The van der Waals surface area contributed by atoms with E-state index in [0.29, 0.717) is 24.7 Å². The number of nitrogens with zero attached hydrogens (tertiary/aromatic N) is 5. The van der Waals surface area contributed by atoms with Crippen LogP contribution >= 0.6 is 12.2 Å². The molecule has 0 atom stereocenters. The van der Waals surface area contributed by atoms with Gasteiger partial charge in [0.25, 0.3) is 0 Å². The first-order valence-electron chi connectivity index (χ1n) is 10.0. The van der Waals surface area contributed by atoms with E-state index in [4.69, 9.17) is 16.7 Å². The predicted octanol–water partition coefficient (Wildman–Crippen LogP) is 2.87. The number of carbonyl (C=O) groups excluding carboxylic acids is 1. The third kappa shape index (κ3) is 4.38. The molecule has 0 unspecified atom stereocenters. The number of hydrogen-bond donors (Lipinski definition) is 1. The van der Waals surface area contributed by atoms with Gasteiger partial charge in [0.1, 0.15) is 5.76 Å². The standard InChI is InChI=1S/C21H26N6O2S/c1-3-8-26-17-6-4-5-7-18(17)27(21(26)30)15-25-11-9-24(10-12-25)14-20(28)22-19-13-16(2)29-23-19/h3-7,13H,1,8-12,14-15H2,2H3,(H,22,23,28). The molecule has 8 nitrogen and oxygen atoms in total. The van der Waals surface area contributed by atoms with Crippen LogP contribution in [-0.2, 0) is 18.0 Å². The summed E-state index contributed by atoms with van der Waals surface area (Å²) < 4.78 is 10.1. The molecular formula is C21H26N6O2S. The molecule has 3 heterocycles. The summed E-state index contributed by atoms with van der Waals surface area (Å²) in [6.07, 6.45) is 1.87. The number of allylic oxidation sites excluding steroid dienone is 1. The Kier molecular flexibility index (Phi) is 6.12. The van der Waals surface area contributed by atoms with Crippen LogP contribution in [0.2, 0.25) is 0 Å². The van der Waals surface area contributed by atoms with Gasteiger partial charge >= 0.3 is 0 Å². The summed E-state index contributed by atoms with van der Waals surface area (Å²) >= 11 is 5.75. The lowest BCUT2D eigenvalue weighted by atomic mass is 10.3. The van der Waals surface area contributed by atoms with Crippen molar-refractivity contribution in [1.82, 2.24) is 24.1 Å². The summed E-state index contributed by atoms with van der Waals surface area (Å²) in [6, 6.07) is 9.99. The predicted molar refractivity (Wildman–Crippen MR) is 119 cm³/mol. The molecule has 0 radical (unpaired) electrons. The highest BCUT2D eigenvalue weighted by Crippen LogP contribution is 2.19. The van der Waals surface area contributed by atoms with Gasteiger partial charge in [-0.1, -0.05) is 23.4 Å².